The normalized spacial score (nSPS) is 20.2. The van der Waals surface area contributed by atoms with Crippen LogP contribution in [-0.4, -0.2) is 38.4 Å². The van der Waals surface area contributed by atoms with Crippen molar-refractivity contribution in [2.45, 2.75) is 31.8 Å². The summed E-state index contributed by atoms with van der Waals surface area (Å²) in [6.45, 7) is 3.68. The molecule has 0 bridgehead atoms. The van der Waals surface area contributed by atoms with Gasteiger partial charge in [-0.05, 0) is 57.5 Å². The lowest BCUT2D eigenvalue weighted by Crippen LogP contribution is -2.37. The van der Waals surface area contributed by atoms with Gasteiger partial charge in [-0.1, -0.05) is 6.07 Å². The van der Waals surface area contributed by atoms with Crippen LogP contribution >= 0.6 is 0 Å². The van der Waals surface area contributed by atoms with E-state index in [1.165, 1.54) is 18.4 Å². The number of nitrogens with zero attached hydrogens (tertiary/aromatic N) is 1. The smallest absolute Gasteiger partial charge is 0.231 e. The second-order valence-electron chi connectivity index (χ2n) is 5.97. The third kappa shape index (κ3) is 2.76. The predicted molar refractivity (Wildman–Crippen MR) is 79.2 cm³/mol. The van der Waals surface area contributed by atoms with Gasteiger partial charge >= 0.3 is 0 Å². The summed E-state index contributed by atoms with van der Waals surface area (Å²) in [4.78, 5) is 2.46. The lowest BCUT2D eigenvalue weighted by Gasteiger charge is -2.29. The number of rotatable bonds is 6. The van der Waals surface area contributed by atoms with E-state index in [4.69, 9.17) is 9.47 Å². The fourth-order valence-corrected chi connectivity index (χ4v) is 2.89. The van der Waals surface area contributed by atoms with Gasteiger partial charge in [0.25, 0.3) is 0 Å². The fraction of sp³-hybridized carbons (Fsp3) is 0.625. The Bertz CT molecular complexity index is 474. The van der Waals surface area contributed by atoms with Crippen molar-refractivity contribution >= 4 is 0 Å². The standard InChI is InChI=1S/C16H24N2O2/c1-11(12-4-5-12)18(3)9-14(17-2)13-6-7-15-16(8-13)20-10-19-15/h6-8,11-12,14,17H,4-5,9-10H2,1-3H3. The quantitative estimate of drug-likeness (QED) is 0.865. The molecule has 4 heteroatoms. The maximum atomic E-state index is 5.47. The molecule has 0 spiro atoms. The first-order valence-corrected chi connectivity index (χ1v) is 7.46. The third-order valence-corrected chi connectivity index (χ3v) is 4.62. The number of hydrogen-bond acceptors (Lipinski definition) is 4. The molecule has 0 aromatic heterocycles. The van der Waals surface area contributed by atoms with Gasteiger partial charge in [-0.3, -0.25) is 0 Å². The van der Waals surface area contributed by atoms with Crippen molar-refractivity contribution in [1.82, 2.24) is 10.2 Å². The van der Waals surface area contributed by atoms with Gasteiger partial charge < -0.3 is 19.7 Å². The average Bonchev–Trinajstić information content (AvgIpc) is 3.21. The molecule has 2 unspecified atom stereocenters. The topological polar surface area (TPSA) is 33.7 Å². The molecule has 1 N–H and O–H groups in total. The van der Waals surface area contributed by atoms with Crippen LogP contribution in [0.25, 0.3) is 0 Å². The molecule has 1 saturated carbocycles. The highest BCUT2D eigenvalue weighted by atomic mass is 16.7. The van der Waals surface area contributed by atoms with Crippen molar-refractivity contribution < 1.29 is 9.47 Å². The molecule has 0 radical (unpaired) electrons. The van der Waals surface area contributed by atoms with Gasteiger partial charge in [-0.25, -0.2) is 0 Å². The molecule has 2 atom stereocenters. The zero-order valence-electron chi connectivity index (χ0n) is 12.6. The Morgan fingerprint density at radius 1 is 1.30 bits per heavy atom. The number of likely N-dealkylation sites (N-methyl/N-ethyl adjacent to an activating group) is 2. The minimum Gasteiger partial charge on any atom is -0.454 e. The minimum absolute atomic E-state index is 0.315. The summed E-state index contributed by atoms with van der Waals surface area (Å²) >= 11 is 0. The van der Waals surface area contributed by atoms with Crippen molar-refractivity contribution in [2.75, 3.05) is 27.4 Å². The van der Waals surface area contributed by atoms with Gasteiger partial charge in [0, 0.05) is 18.6 Å². The summed E-state index contributed by atoms with van der Waals surface area (Å²) < 4.78 is 10.8. The van der Waals surface area contributed by atoms with E-state index in [0.717, 1.165) is 24.0 Å². The summed E-state index contributed by atoms with van der Waals surface area (Å²) in [6, 6.07) is 7.21. The van der Waals surface area contributed by atoms with Crippen molar-refractivity contribution in [3.05, 3.63) is 23.8 Å². The molecular formula is C16H24N2O2. The van der Waals surface area contributed by atoms with Crippen LogP contribution < -0.4 is 14.8 Å². The number of hydrogen-bond donors (Lipinski definition) is 1. The maximum absolute atomic E-state index is 5.47. The number of benzene rings is 1. The number of ether oxygens (including phenoxy) is 2. The van der Waals surface area contributed by atoms with Gasteiger partial charge in [-0.2, -0.15) is 0 Å². The van der Waals surface area contributed by atoms with E-state index in [0.29, 0.717) is 18.9 Å². The van der Waals surface area contributed by atoms with Crippen LogP contribution in [0.1, 0.15) is 31.4 Å². The highest BCUT2D eigenvalue weighted by Gasteiger charge is 2.31. The molecule has 1 heterocycles. The molecule has 1 aliphatic heterocycles. The number of nitrogens with one attached hydrogen (secondary N) is 1. The summed E-state index contributed by atoms with van der Waals surface area (Å²) in [5, 5.41) is 3.42. The van der Waals surface area contributed by atoms with E-state index in [2.05, 4.69) is 36.3 Å². The van der Waals surface area contributed by atoms with E-state index < -0.39 is 0 Å². The van der Waals surface area contributed by atoms with E-state index >= 15 is 0 Å². The Kier molecular flexibility index (Phi) is 3.85. The van der Waals surface area contributed by atoms with Gasteiger partial charge in [0.1, 0.15) is 0 Å². The van der Waals surface area contributed by atoms with Crippen molar-refractivity contribution in [2.24, 2.45) is 5.92 Å². The van der Waals surface area contributed by atoms with E-state index in [1.807, 2.05) is 13.1 Å². The van der Waals surface area contributed by atoms with Crippen LogP contribution in [0.2, 0.25) is 0 Å². The molecule has 1 aromatic rings. The van der Waals surface area contributed by atoms with Crippen molar-refractivity contribution in [1.29, 1.82) is 0 Å². The molecule has 0 saturated heterocycles. The first-order chi connectivity index (χ1) is 9.69. The van der Waals surface area contributed by atoms with Gasteiger partial charge in [-0.15, -0.1) is 0 Å². The minimum atomic E-state index is 0.315. The monoisotopic (exact) mass is 276 g/mol. The highest BCUT2D eigenvalue weighted by Crippen LogP contribution is 2.36. The van der Waals surface area contributed by atoms with Crippen LogP contribution in [0, 0.1) is 5.92 Å². The van der Waals surface area contributed by atoms with E-state index in [-0.39, 0.29) is 0 Å². The summed E-state index contributed by atoms with van der Waals surface area (Å²) in [6.07, 6.45) is 2.78. The zero-order chi connectivity index (χ0) is 14.1. The van der Waals surface area contributed by atoms with Crippen molar-refractivity contribution in [3.8, 4) is 11.5 Å². The second-order valence-corrected chi connectivity index (χ2v) is 5.97. The molecule has 1 aliphatic carbocycles. The van der Waals surface area contributed by atoms with Crippen LogP contribution in [0.15, 0.2) is 18.2 Å². The molecule has 110 valence electrons. The lowest BCUT2D eigenvalue weighted by molar-refractivity contribution is 0.174. The summed E-state index contributed by atoms with van der Waals surface area (Å²) in [5.41, 5.74) is 1.26. The van der Waals surface area contributed by atoms with E-state index in [9.17, 15) is 0 Å². The van der Waals surface area contributed by atoms with Gasteiger partial charge in [0.2, 0.25) is 6.79 Å². The molecule has 2 aliphatic rings. The second kappa shape index (κ2) is 5.62. The first kappa shape index (κ1) is 13.7. The largest absolute Gasteiger partial charge is 0.454 e. The predicted octanol–water partition coefficient (Wildman–Crippen LogP) is 2.41. The molecule has 4 nitrogen and oxygen atoms in total. The fourth-order valence-electron chi connectivity index (χ4n) is 2.89. The Morgan fingerprint density at radius 3 is 2.75 bits per heavy atom. The molecule has 0 amide bonds. The lowest BCUT2D eigenvalue weighted by atomic mass is 10.0. The van der Waals surface area contributed by atoms with Crippen LogP contribution in [0.4, 0.5) is 0 Å². The average molecular weight is 276 g/mol. The van der Waals surface area contributed by atoms with Crippen LogP contribution in [0.3, 0.4) is 0 Å². The molecule has 3 rings (SSSR count). The SMILES string of the molecule is CNC(CN(C)C(C)C1CC1)c1ccc2c(c1)OCO2. The summed E-state index contributed by atoms with van der Waals surface area (Å²) in [5.74, 6) is 2.61. The molecule has 1 aromatic carbocycles. The van der Waals surface area contributed by atoms with Crippen molar-refractivity contribution in [3.63, 3.8) is 0 Å². The van der Waals surface area contributed by atoms with Gasteiger partial charge in [0.15, 0.2) is 11.5 Å². The Morgan fingerprint density at radius 2 is 2.05 bits per heavy atom. The third-order valence-electron chi connectivity index (χ3n) is 4.62. The van der Waals surface area contributed by atoms with E-state index in [1.54, 1.807) is 0 Å². The molecular weight excluding hydrogens is 252 g/mol. The molecule has 1 fully saturated rings. The number of fused-ring (bicyclic) bond motifs is 1. The first-order valence-electron chi connectivity index (χ1n) is 7.46. The van der Waals surface area contributed by atoms with Crippen LogP contribution in [0.5, 0.6) is 11.5 Å². The Labute approximate surface area is 121 Å². The summed E-state index contributed by atoms with van der Waals surface area (Å²) in [7, 11) is 4.24. The highest BCUT2D eigenvalue weighted by molar-refractivity contribution is 5.45. The Hall–Kier alpha value is -1.26. The zero-order valence-corrected chi connectivity index (χ0v) is 12.6. The van der Waals surface area contributed by atoms with Gasteiger partial charge in [0.05, 0.1) is 0 Å². The van der Waals surface area contributed by atoms with Crippen LogP contribution in [-0.2, 0) is 0 Å². The molecule has 20 heavy (non-hydrogen) atoms. The Balaban J connectivity index is 1.69. The maximum Gasteiger partial charge on any atom is 0.231 e.